The summed E-state index contributed by atoms with van der Waals surface area (Å²) < 4.78 is 1.57. The lowest BCUT2D eigenvalue weighted by atomic mass is 10.3. The molecule has 0 unspecified atom stereocenters. The van der Waals surface area contributed by atoms with Crippen molar-refractivity contribution in [1.29, 1.82) is 0 Å². The van der Waals surface area contributed by atoms with E-state index in [-0.39, 0.29) is 5.91 Å². The summed E-state index contributed by atoms with van der Waals surface area (Å²) in [4.78, 5) is 13.1. The lowest BCUT2D eigenvalue weighted by molar-refractivity contribution is -0.125. The zero-order valence-electron chi connectivity index (χ0n) is 10.4. The van der Waals surface area contributed by atoms with Crippen LogP contribution >= 0.6 is 23.4 Å². The molecule has 0 saturated heterocycles. The maximum absolute atomic E-state index is 11.5. The molecule has 0 spiro atoms. The molecular weight excluding hydrogens is 286 g/mol. The Bertz CT molecular complexity index is 569. The number of halogens is 1. The SMILES string of the molecule is CN(C)C(=O)CSc1nnnn1-c1ccc(Cl)cc1. The van der Waals surface area contributed by atoms with Crippen LogP contribution in [0.2, 0.25) is 5.02 Å². The van der Waals surface area contributed by atoms with Crippen LogP contribution in [0.3, 0.4) is 0 Å². The maximum Gasteiger partial charge on any atom is 0.232 e. The number of nitrogens with zero attached hydrogens (tertiary/aromatic N) is 5. The van der Waals surface area contributed by atoms with Gasteiger partial charge in [0, 0.05) is 19.1 Å². The number of rotatable bonds is 4. The first-order valence-electron chi connectivity index (χ1n) is 5.45. The third-order valence-corrected chi connectivity index (χ3v) is 3.49. The highest BCUT2D eigenvalue weighted by atomic mass is 35.5. The molecule has 0 radical (unpaired) electrons. The Kier molecular flexibility index (Phi) is 4.39. The summed E-state index contributed by atoms with van der Waals surface area (Å²) in [6.07, 6.45) is 0. The van der Waals surface area contributed by atoms with E-state index in [0.717, 1.165) is 5.69 Å². The summed E-state index contributed by atoms with van der Waals surface area (Å²) in [6, 6.07) is 7.16. The van der Waals surface area contributed by atoms with Crippen molar-refractivity contribution < 1.29 is 4.79 Å². The van der Waals surface area contributed by atoms with E-state index in [4.69, 9.17) is 11.6 Å². The quantitative estimate of drug-likeness (QED) is 0.800. The van der Waals surface area contributed by atoms with Crippen LogP contribution in [-0.4, -0.2) is 50.9 Å². The molecule has 100 valence electrons. The summed E-state index contributed by atoms with van der Waals surface area (Å²) in [5.74, 6) is 0.302. The van der Waals surface area contributed by atoms with Crippen LogP contribution in [0, 0.1) is 0 Å². The number of hydrogen-bond donors (Lipinski definition) is 0. The van der Waals surface area contributed by atoms with Gasteiger partial charge in [-0.2, -0.15) is 4.68 Å². The topological polar surface area (TPSA) is 63.9 Å². The Balaban J connectivity index is 2.14. The Morgan fingerprint density at radius 2 is 2.05 bits per heavy atom. The van der Waals surface area contributed by atoms with E-state index in [1.165, 1.54) is 16.7 Å². The highest BCUT2D eigenvalue weighted by molar-refractivity contribution is 7.99. The molecule has 1 heterocycles. The van der Waals surface area contributed by atoms with E-state index < -0.39 is 0 Å². The normalized spacial score (nSPS) is 10.5. The molecule has 0 fully saturated rings. The van der Waals surface area contributed by atoms with Gasteiger partial charge in [0.05, 0.1) is 11.4 Å². The summed E-state index contributed by atoms with van der Waals surface area (Å²) >= 11 is 7.13. The summed E-state index contributed by atoms with van der Waals surface area (Å²) in [5.41, 5.74) is 0.800. The molecule has 0 aliphatic heterocycles. The molecule has 2 aromatic rings. The minimum Gasteiger partial charge on any atom is -0.348 e. The second-order valence-electron chi connectivity index (χ2n) is 3.93. The molecule has 0 N–H and O–H groups in total. The molecule has 0 aliphatic carbocycles. The van der Waals surface area contributed by atoms with Gasteiger partial charge in [-0.15, -0.1) is 5.10 Å². The fraction of sp³-hybridized carbons (Fsp3) is 0.273. The van der Waals surface area contributed by atoms with Crippen molar-refractivity contribution in [2.75, 3.05) is 19.8 Å². The highest BCUT2D eigenvalue weighted by Gasteiger charge is 2.12. The zero-order chi connectivity index (χ0) is 13.8. The van der Waals surface area contributed by atoms with E-state index >= 15 is 0 Å². The van der Waals surface area contributed by atoms with Gasteiger partial charge in [0.25, 0.3) is 0 Å². The number of carbonyl (C=O) groups is 1. The average molecular weight is 298 g/mol. The number of carbonyl (C=O) groups excluding carboxylic acids is 1. The Hall–Kier alpha value is -1.60. The van der Waals surface area contributed by atoms with Crippen molar-refractivity contribution in [1.82, 2.24) is 25.1 Å². The first-order valence-corrected chi connectivity index (χ1v) is 6.81. The van der Waals surface area contributed by atoms with Gasteiger partial charge in [-0.3, -0.25) is 4.79 Å². The van der Waals surface area contributed by atoms with Crippen molar-refractivity contribution in [2.45, 2.75) is 5.16 Å². The van der Waals surface area contributed by atoms with Gasteiger partial charge >= 0.3 is 0 Å². The number of benzene rings is 1. The molecule has 0 atom stereocenters. The third kappa shape index (κ3) is 3.45. The van der Waals surface area contributed by atoms with Crippen LogP contribution in [0.1, 0.15) is 0 Å². The molecule has 0 aliphatic rings. The van der Waals surface area contributed by atoms with Gasteiger partial charge < -0.3 is 4.90 Å². The second kappa shape index (κ2) is 6.03. The summed E-state index contributed by atoms with van der Waals surface area (Å²) in [5, 5.41) is 12.7. The molecule has 2 rings (SSSR count). The highest BCUT2D eigenvalue weighted by Crippen LogP contribution is 2.19. The predicted molar refractivity (Wildman–Crippen MR) is 73.6 cm³/mol. The van der Waals surface area contributed by atoms with E-state index in [1.54, 1.807) is 30.9 Å². The fourth-order valence-electron chi connectivity index (χ4n) is 1.27. The lowest BCUT2D eigenvalue weighted by Crippen LogP contribution is -2.23. The Morgan fingerprint density at radius 1 is 1.37 bits per heavy atom. The Morgan fingerprint density at radius 3 is 2.68 bits per heavy atom. The maximum atomic E-state index is 11.5. The smallest absolute Gasteiger partial charge is 0.232 e. The van der Waals surface area contributed by atoms with E-state index in [1.807, 2.05) is 12.1 Å². The van der Waals surface area contributed by atoms with E-state index in [0.29, 0.717) is 15.9 Å². The monoisotopic (exact) mass is 297 g/mol. The van der Waals surface area contributed by atoms with Crippen molar-refractivity contribution in [2.24, 2.45) is 0 Å². The molecule has 1 aromatic carbocycles. The minimum atomic E-state index is 0.00987. The van der Waals surface area contributed by atoms with Gasteiger partial charge in [0.15, 0.2) is 0 Å². The molecule has 0 saturated carbocycles. The fourth-order valence-corrected chi connectivity index (χ4v) is 2.26. The van der Waals surface area contributed by atoms with Crippen molar-refractivity contribution in [3.05, 3.63) is 29.3 Å². The molecule has 19 heavy (non-hydrogen) atoms. The third-order valence-electron chi connectivity index (χ3n) is 2.34. The molecule has 0 bridgehead atoms. The van der Waals surface area contributed by atoms with Gasteiger partial charge in [-0.25, -0.2) is 0 Å². The zero-order valence-corrected chi connectivity index (χ0v) is 12.0. The first-order chi connectivity index (χ1) is 9.08. The number of amides is 1. The predicted octanol–water partition coefficient (Wildman–Crippen LogP) is 1.50. The molecule has 1 aromatic heterocycles. The summed E-state index contributed by atoms with van der Waals surface area (Å²) in [7, 11) is 3.43. The van der Waals surface area contributed by atoms with Gasteiger partial charge in [-0.1, -0.05) is 23.4 Å². The van der Waals surface area contributed by atoms with Crippen molar-refractivity contribution in [3.63, 3.8) is 0 Å². The van der Waals surface area contributed by atoms with Crippen LogP contribution in [0.15, 0.2) is 29.4 Å². The van der Waals surface area contributed by atoms with Crippen LogP contribution in [0.25, 0.3) is 5.69 Å². The van der Waals surface area contributed by atoms with Crippen LogP contribution in [0.4, 0.5) is 0 Å². The molecule has 6 nitrogen and oxygen atoms in total. The molecular formula is C11H12ClN5OS. The number of thioether (sulfide) groups is 1. The number of tetrazole rings is 1. The molecule has 8 heteroatoms. The van der Waals surface area contributed by atoms with Gasteiger partial charge in [0.1, 0.15) is 0 Å². The van der Waals surface area contributed by atoms with Crippen molar-refractivity contribution in [3.8, 4) is 5.69 Å². The minimum absolute atomic E-state index is 0.00987. The summed E-state index contributed by atoms with van der Waals surface area (Å²) in [6.45, 7) is 0. The van der Waals surface area contributed by atoms with Gasteiger partial charge in [-0.05, 0) is 34.7 Å². The molecule has 1 amide bonds. The largest absolute Gasteiger partial charge is 0.348 e. The van der Waals surface area contributed by atoms with E-state index in [9.17, 15) is 4.79 Å². The van der Waals surface area contributed by atoms with Gasteiger partial charge in [0.2, 0.25) is 11.1 Å². The van der Waals surface area contributed by atoms with E-state index in [2.05, 4.69) is 15.5 Å². The second-order valence-corrected chi connectivity index (χ2v) is 5.31. The average Bonchev–Trinajstić information content (AvgIpc) is 2.85. The van der Waals surface area contributed by atoms with Crippen LogP contribution in [-0.2, 0) is 4.79 Å². The first kappa shape index (κ1) is 13.8. The standard InChI is InChI=1S/C11H12ClN5OS/c1-16(2)10(18)7-19-11-13-14-15-17(11)9-5-3-8(12)4-6-9/h3-6H,7H2,1-2H3. The van der Waals surface area contributed by atoms with Crippen LogP contribution < -0.4 is 0 Å². The number of aromatic nitrogens is 4. The van der Waals surface area contributed by atoms with Crippen molar-refractivity contribution >= 4 is 29.3 Å². The van der Waals surface area contributed by atoms with Crippen LogP contribution in [0.5, 0.6) is 0 Å². The lowest BCUT2D eigenvalue weighted by Gasteiger charge is -2.09. The number of hydrogen-bond acceptors (Lipinski definition) is 5. The Labute approximate surface area is 119 Å².